The minimum atomic E-state index is -0.634. The molecule has 0 aliphatic carbocycles. The Morgan fingerprint density at radius 2 is 1.63 bits per heavy atom. The highest BCUT2D eigenvalue weighted by Gasteiger charge is 2.19. The molecule has 1 aromatic heterocycles. The number of anilines is 2. The Hall–Kier alpha value is -3.55. The lowest BCUT2D eigenvalue weighted by Gasteiger charge is -2.11. The van der Waals surface area contributed by atoms with Gasteiger partial charge >= 0.3 is 0 Å². The number of hydrogen-bond donors (Lipinski definition) is 2. The summed E-state index contributed by atoms with van der Waals surface area (Å²) >= 11 is 0. The highest BCUT2D eigenvalue weighted by atomic mass is 16.2. The second-order valence-electron chi connectivity index (χ2n) is 6.17. The molecule has 1 unspecified atom stereocenters. The highest BCUT2D eigenvalue weighted by Crippen LogP contribution is 2.19. The van der Waals surface area contributed by atoms with E-state index in [9.17, 15) is 9.59 Å². The summed E-state index contributed by atoms with van der Waals surface area (Å²) < 4.78 is 0. The molecule has 8 nitrogen and oxygen atoms in total. The number of aromatic nitrogens is 4. The van der Waals surface area contributed by atoms with Crippen LogP contribution in [0.1, 0.15) is 25.5 Å². The van der Waals surface area contributed by atoms with Gasteiger partial charge in [-0.1, -0.05) is 24.3 Å². The Bertz CT molecular complexity index is 964. The van der Waals surface area contributed by atoms with Crippen LogP contribution in [0.3, 0.4) is 0 Å². The van der Waals surface area contributed by atoms with Crippen molar-refractivity contribution in [1.29, 1.82) is 0 Å². The summed E-state index contributed by atoms with van der Waals surface area (Å²) in [7, 11) is 0. The number of carbonyl (C=O) groups is 2. The van der Waals surface area contributed by atoms with Crippen molar-refractivity contribution in [3.05, 3.63) is 54.1 Å². The Kier molecular flexibility index (Phi) is 5.25. The molecule has 1 atom stereocenters. The zero-order valence-electron chi connectivity index (χ0n) is 15.3. The summed E-state index contributed by atoms with van der Waals surface area (Å²) in [6, 6.07) is 13.9. The molecule has 3 rings (SSSR count). The van der Waals surface area contributed by atoms with Gasteiger partial charge in [-0.25, -0.2) is 0 Å². The SMILES string of the molecule is CC(=O)Nc1ccc(NC(=O)C(C)n2nnc(-c3ccccc3C)n2)cc1. The van der Waals surface area contributed by atoms with Gasteiger partial charge < -0.3 is 10.6 Å². The van der Waals surface area contributed by atoms with Gasteiger partial charge in [0.15, 0.2) is 0 Å². The van der Waals surface area contributed by atoms with Gasteiger partial charge in [0, 0.05) is 23.9 Å². The fourth-order valence-electron chi connectivity index (χ4n) is 2.51. The molecule has 0 radical (unpaired) electrons. The maximum Gasteiger partial charge on any atom is 0.250 e. The third kappa shape index (κ3) is 4.35. The van der Waals surface area contributed by atoms with Crippen LogP contribution in [0, 0.1) is 6.92 Å². The molecule has 138 valence electrons. The maximum absolute atomic E-state index is 12.5. The van der Waals surface area contributed by atoms with Crippen molar-refractivity contribution >= 4 is 23.2 Å². The number of carbonyl (C=O) groups excluding carboxylic acids is 2. The number of amides is 2. The van der Waals surface area contributed by atoms with Crippen molar-refractivity contribution in [3.63, 3.8) is 0 Å². The Balaban J connectivity index is 1.69. The van der Waals surface area contributed by atoms with Crippen LogP contribution in [-0.4, -0.2) is 32.0 Å². The molecule has 0 fully saturated rings. The second kappa shape index (κ2) is 7.77. The summed E-state index contributed by atoms with van der Waals surface area (Å²) in [6.45, 7) is 5.11. The van der Waals surface area contributed by atoms with Gasteiger partial charge in [-0.15, -0.1) is 10.2 Å². The van der Waals surface area contributed by atoms with Crippen LogP contribution in [0.5, 0.6) is 0 Å². The van der Waals surface area contributed by atoms with Gasteiger partial charge in [0.25, 0.3) is 5.91 Å². The minimum Gasteiger partial charge on any atom is -0.326 e. The van der Waals surface area contributed by atoms with Crippen molar-refractivity contribution in [2.45, 2.75) is 26.8 Å². The van der Waals surface area contributed by atoms with E-state index in [0.717, 1.165) is 11.1 Å². The standard InChI is InChI=1S/C19H20N6O2/c1-12-6-4-5-7-17(12)18-22-24-25(23-18)13(2)19(27)21-16-10-8-15(9-11-16)20-14(3)26/h4-11,13H,1-3H3,(H,20,26)(H,21,27). The lowest BCUT2D eigenvalue weighted by molar-refractivity contribution is -0.119. The van der Waals surface area contributed by atoms with E-state index in [0.29, 0.717) is 17.2 Å². The first kappa shape index (κ1) is 18.2. The number of aryl methyl sites for hydroxylation is 1. The van der Waals surface area contributed by atoms with Crippen molar-refractivity contribution in [2.24, 2.45) is 0 Å². The van der Waals surface area contributed by atoms with E-state index in [1.807, 2.05) is 31.2 Å². The average Bonchev–Trinajstić information content (AvgIpc) is 3.12. The number of tetrazole rings is 1. The first-order valence-corrected chi connectivity index (χ1v) is 8.48. The molecule has 2 amide bonds. The molecule has 0 bridgehead atoms. The van der Waals surface area contributed by atoms with Crippen LogP contribution < -0.4 is 10.6 Å². The molecule has 0 saturated carbocycles. The van der Waals surface area contributed by atoms with Crippen LogP contribution >= 0.6 is 0 Å². The van der Waals surface area contributed by atoms with Crippen LogP contribution in [-0.2, 0) is 9.59 Å². The van der Waals surface area contributed by atoms with E-state index < -0.39 is 6.04 Å². The van der Waals surface area contributed by atoms with Crippen molar-refractivity contribution in [3.8, 4) is 11.4 Å². The number of nitrogens with one attached hydrogen (secondary N) is 2. The predicted octanol–water partition coefficient (Wildman–Crippen LogP) is 2.81. The molecule has 27 heavy (non-hydrogen) atoms. The fourth-order valence-corrected chi connectivity index (χ4v) is 2.51. The summed E-state index contributed by atoms with van der Waals surface area (Å²) in [5.74, 6) is 0.0607. The highest BCUT2D eigenvalue weighted by molar-refractivity contribution is 5.94. The third-order valence-electron chi connectivity index (χ3n) is 4.01. The van der Waals surface area contributed by atoms with Gasteiger partial charge in [-0.05, 0) is 48.9 Å². The number of benzene rings is 2. The molecule has 1 heterocycles. The van der Waals surface area contributed by atoms with Crippen molar-refractivity contribution in [1.82, 2.24) is 20.2 Å². The normalized spacial score (nSPS) is 11.7. The molecule has 0 aliphatic heterocycles. The van der Waals surface area contributed by atoms with Crippen LogP contribution in [0.4, 0.5) is 11.4 Å². The Morgan fingerprint density at radius 3 is 2.26 bits per heavy atom. The molecule has 2 aromatic carbocycles. The molecular weight excluding hydrogens is 344 g/mol. The van der Waals surface area contributed by atoms with Gasteiger partial charge in [0.2, 0.25) is 11.7 Å². The monoisotopic (exact) mass is 364 g/mol. The van der Waals surface area contributed by atoms with E-state index in [-0.39, 0.29) is 11.8 Å². The van der Waals surface area contributed by atoms with Crippen LogP contribution in [0.25, 0.3) is 11.4 Å². The molecule has 0 spiro atoms. The largest absolute Gasteiger partial charge is 0.326 e. The lowest BCUT2D eigenvalue weighted by Crippen LogP contribution is -2.25. The maximum atomic E-state index is 12.5. The molecular formula is C19H20N6O2. The first-order chi connectivity index (χ1) is 12.9. The fraction of sp³-hybridized carbons (Fsp3) is 0.211. The molecule has 0 saturated heterocycles. The lowest BCUT2D eigenvalue weighted by atomic mass is 10.1. The first-order valence-electron chi connectivity index (χ1n) is 8.48. The van der Waals surface area contributed by atoms with Gasteiger partial charge in [0.1, 0.15) is 6.04 Å². The molecule has 8 heteroatoms. The van der Waals surface area contributed by atoms with E-state index in [4.69, 9.17) is 0 Å². The van der Waals surface area contributed by atoms with Crippen molar-refractivity contribution < 1.29 is 9.59 Å². The van der Waals surface area contributed by atoms with E-state index >= 15 is 0 Å². The van der Waals surface area contributed by atoms with E-state index in [2.05, 4.69) is 26.0 Å². The van der Waals surface area contributed by atoms with Gasteiger partial charge in [-0.2, -0.15) is 4.80 Å². The third-order valence-corrected chi connectivity index (χ3v) is 4.01. The second-order valence-corrected chi connectivity index (χ2v) is 6.17. The van der Waals surface area contributed by atoms with Crippen molar-refractivity contribution in [2.75, 3.05) is 10.6 Å². The Morgan fingerprint density at radius 1 is 1.00 bits per heavy atom. The van der Waals surface area contributed by atoms with Gasteiger partial charge in [-0.3, -0.25) is 9.59 Å². The summed E-state index contributed by atoms with van der Waals surface area (Å²) in [4.78, 5) is 24.8. The topological polar surface area (TPSA) is 102 Å². The summed E-state index contributed by atoms with van der Waals surface area (Å²) in [5.41, 5.74) is 3.19. The van der Waals surface area contributed by atoms with Crippen LogP contribution in [0.15, 0.2) is 48.5 Å². The smallest absolute Gasteiger partial charge is 0.250 e. The molecule has 2 N–H and O–H groups in total. The number of rotatable bonds is 5. The van der Waals surface area contributed by atoms with Crippen LogP contribution in [0.2, 0.25) is 0 Å². The molecule has 3 aromatic rings. The Labute approximate surface area is 156 Å². The van der Waals surface area contributed by atoms with E-state index in [1.165, 1.54) is 11.7 Å². The summed E-state index contributed by atoms with van der Waals surface area (Å²) in [5, 5.41) is 17.9. The molecule has 0 aliphatic rings. The van der Waals surface area contributed by atoms with E-state index in [1.54, 1.807) is 31.2 Å². The quantitative estimate of drug-likeness (QED) is 0.725. The predicted molar refractivity (Wildman–Crippen MR) is 102 cm³/mol. The summed E-state index contributed by atoms with van der Waals surface area (Å²) in [6.07, 6.45) is 0. The number of hydrogen-bond acceptors (Lipinski definition) is 5. The number of nitrogens with zero attached hydrogens (tertiary/aromatic N) is 4. The average molecular weight is 364 g/mol. The minimum absolute atomic E-state index is 0.151. The van der Waals surface area contributed by atoms with Gasteiger partial charge in [0.05, 0.1) is 0 Å². The zero-order chi connectivity index (χ0) is 19.4. The zero-order valence-corrected chi connectivity index (χ0v) is 15.3.